The number of hydrogen-bond donors (Lipinski definition) is 2. The molecule has 2 aromatic rings. The van der Waals surface area contributed by atoms with Crippen LogP contribution in [0.2, 0.25) is 0 Å². The van der Waals surface area contributed by atoms with Crippen molar-refractivity contribution in [1.29, 1.82) is 0 Å². The van der Waals surface area contributed by atoms with Crippen molar-refractivity contribution in [2.75, 3.05) is 0 Å². The van der Waals surface area contributed by atoms with Crippen LogP contribution in [0.25, 0.3) is 0 Å². The third-order valence-corrected chi connectivity index (χ3v) is 3.46. The van der Waals surface area contributed by atoms with Crippen LogP contribution in [-0.2, 0) is 0 Å². The number of Topliss-reactive ketones (excluding diaryl/α,β-unsaturated/α-hetero) is 1. The summed E-state index contributed by atoms with van der Waals surface area (Å²) in [6.07, 6.45) is -0.620. The van der Waals surface area contributed by atoms with Crippen molar-refractivity contribution >= 4 is 11.5 Å². The van der Waals surface area contributed by atoms with E-state index in [0.717, 1.165) is 6.07 Å². The first kappa shape index (κ1) is 13.9. The summed E-state index contributed by atoms with van der Waals surface area (Å²) in [4.78, 5) is 22.3. The average Bonchev–Trinajstić information content (AvgIpc) is 2.46. The van der Waals surface area contributed by atoms with Crippen molar-refractivity contribution in [2.24, 2.45) is 0 Å². The van der Waals surface area contributed by atoms with Crippen molar-refractivity contribution in [3.63, 3.8) is 0 Å². The molecule has 1 heterocycles. The largest absolute Gasteiger partial charge is 0.508 e. The van der Waals surface area contributed by atoms with Gasteiger partial charge in [0.1, 0.15) is 28.9 Å². The van der Waals surface area contributed by atoms with E-state index in [2.05, 4.69) is 0 Å². The maximum atomic E-state index is 12.1. The number of phenols is 2. The molecule has 22 heavy (non-hydrogen) atoms. The molecule has 0 saturated heterocycles. The Hall–Kier alpha value is -3.09. The summed E-state index contributed by atoms with van der Waals surface area (Å²) in [7, 11) is 0. The van der Waals surface area contributed by atoms with Gasteiger partial charge in [0.2, 0.25) is 0 Å². The van der Waals surface area contributed by atoms with E-state index in [1.54, 1.807) is 0 Å². The van der Waals surface area contributed by atoms with Gasteiger partial charge in [-0.1, -0.05) is 0 Å². The Morgan fingerprint density at radius 3 is 2.50 bits per heavy atom. The molecule has 7 nitrogen and oxygen atoms in total. The number of nitro groups is 1. The molecule has 0 amide bonds. The first-order valence-electron chi connectivity index (χ1n) is 6.46. The average molecular weight is 301 g/mol. The van der Waals surface area contributed by atoms with Crippen molar-refractivity contribution in [1.82, 2.24) is 0 Å². The zero-order valence-corrected chi connectivity index (χ0v) is 11.2. The molecule has 112 valence electrons. The Bertz CT molecular complexity index is 768. The maximum absolute atomic E-state index is 12.1. The summed E-state index contributed by atoms with van der Waals surface area (Å²) in [5, 5.41) is 29.9. The van der Waals surface area contributed by atoms with Gasteiger partial charge in [-0.2, -0.15) is 0 Å². The number of non-ortho nitro benzene ring substituents is 1. The SMILES string of the molecule is O=C1CC(c2ccc([N+](=O)[O-])cc2)Oc2cc(O)cc(O)c21. The molecule has 0 bridgehead atoms. The molecule has 2 aromatic carbocycles. The lowest BCUT2D eigenvalue weighted by Gasteiger charge is -2.26. The Kier molecular flexibility index (Phi) is 3.17. The summed E-state index contributed by atoms with van der Waals surface area (Å²) in [5.41, 5.74) is 0.588. The van der Waals surface area contributed by atoms with Gasteiger partial charge >= 0.3 is 0 Å². The second-order valence-corrected chi connectivity index (χ2v) is 4.92. The highest BCUT2D eigenvalue weighted by molar-refractivity contribution is 6.02. The van der Waals surface area contributed by atoms with Gasteiger partial charge in [0.15, 0.2) is 5.78 Å². The van der Waals surface area contributed by atoms with Crippen LogP contribution in [0.1, 0.15) is 28.4 Å². The number of nitrogens with zero attached hydrogens (tertiary/aromatic N) is 1. The number of benzene rings is 2. The maximum Gasteiger partial charge on any atom is 0.269 e. The van der Waals surface area contributed by atoms with Crippen LogP contribution >= 0.6 is 0 Å². The summed E-state index contributed by atoms with van der Waals surface area (Å²) in [6.45, 7) is 0. The van der Waals surface area contributed by atoms with Gasteiger partial charge in [-0.3, -0.25) is 14.9 Å². The van der Waals surface area contributed by atoms with E-state index >= 15 is 0 Å². The lowest BCUT2D eigenvalue weighted by Crippen LogP contribution is -2.20. The molecule has 1 aliphatic heterocycles. The number of ketones is 1. The van der Waals surface area contributed by atoms with Gasteiger partial charge < -0.3 is 14.9 Å². The fraction of sp³-hybridized carbons (Fsp3) is 0.133. The number of hydrogen-bond acceptors (Lipinski definition) is 6. The van der Waals surface area contributed by atoms with Gasteiger partial charge in [-0.05, 0) is 17.7 Å². The second kappa shape index (κ2) is 5.03. The van der Waals surface area contributed by atoms with Crippen LogP contribution in [0.3, 0.4) is 0 Å². The summed E-state index contributed by atoms with van der Waals surface area (Å²) < 4.78 is 5.64. The Morgan fingerprint density at radius 1 is 1.18 bits per heavy atom. The monoisotopic (exact) mass is 301 g/mol. The number of phenolic OH excluding ortho intramolecular Hbond substituents is 2. The fourth-order valence-electron chi connectivity index (χ4n) is 2.42. The molecule has 1 unspecified atom stereocenters. The minimum absolute atomic E-state index is 0.00312. The molecule has 3 rings (SSSR count). The third kappa shape index (κ3) is 2.32. The zero-order chi connectivity index (χ0) is 15.9. The van der Waals surface area contributed by atoms with E-state index < -0.39 is 11.0 Å². The van der Waals surface area contributed by atoms with Crippen LogP contribution < -0.4 is 4.74 Å². The van der Waals surface area contributed by atoms with E-state index in [1.807, 2.05) is 0 Å². The third-order valence-electron chi connectivity index (χ3n) is 3.46. The molecule has 1 atom stereocenters. The molecule has 0 radical (unpaired) electrons. The van der Waals surface area contributed by atoms with Crippen molar-refractivity contribution < 1.29 is 24.7 Å². The number of carbonyl (C=O) groups excluding carboxylic acids is 1. The predicted octanol–water partition coefficient (Wildman–Crippen LogP) is 2.71. The minimum atomic E-state index is -0.623. The number of nitro benzene ring substituents is 1. The smallest absolute Gasteiger partial charge is 0.269 e. The van der Waals surface area contributed by atoms with E-state index in [4.69, 9.17) is 4.74 Å². The topological polar surface area (TPSA) is 110 Å². The minimum Gasteiger partial charge on any atom is -0.508 e. The van der Waals surface area contributed by atoms with Crippen molar-refractivity contribution in [2.45, 2.75) is 12.5 Å². The fourth-order valence-corrected chi connectivity index (χ4v) is 2.42. The van der Waals surface area contributed by atoms with Crippen LogP contribution in [0.15, 0.2) is 36.4 Å². The van der Waals surface area contributed by atoms with Crippen LogP contribution in [0.4, 0.5) is 5.69 Å². The Morgan fingerprint density at radius 2 is 1.86 bits per heavy atom. The summed E-state index contributed by atoms with van der Waals surface area (Å²) in [5.74, 6) is -0.769. The lowest BCUT2D eigenvalue weighted by molar-refractivity contribution is -0.384. The van der Waals surface area contributed by atoms with Gasteiger partial charge in [0.25, 0.3) is 5.69 Å². The second-order valence-electron chi connectivity index (χ2n) is 4.92. The normalized spacial score (nSPS) is 16.7. The van der Waals surface area contributed by atoms with Gasteiger partial charge in [-0.25, -0.2) is 0 Å². The van der Waals surface area contributed by atoms with Gasteiger partial charge in [-0.15, -0.1) is 0 Å². The molecular weight excluding hydrogens is 290 g/mol. The molecule has 0 spiro atoms. The number of aromatic hydroxyl groups is 2. The molecule has 0 fully saturated rings. The Labute approximate surface area is 124 Å². The molecular formula is C15H11NO6. The molecule has 0 aliphatic carbocycles. The molecule has 2 N–H and O–H groups in total. The van der Waals surface area contributed by atoms with Crippen LogP contribution in [-0.4, -0.2) is 20.9 Å². The quantitative estimate of drug-likeness (QED) is 0.652. The molecule has 7 heteroatoms. The zero-order valence-electron chi connectivity index (χ0n) is 11.2. The predicted molar refractivity (Wildman–Crippen MR) is 75.2 cm³/mol. The van der Waals surface area contributed by atoms with Gasteiger partial charge in [0, 0.05) is 24.3 Å². The number of carbonyl (C=O) groups is 1. The summed E-state index contributed by atoms with van der Waals surface area (Å²) in [6, 6.07) is 8.03. The van der Waals surface area contributed by atoms with Crippen molar-refractivity contribution in [3.05, 3.63) is 57.6 Å². The molecule has 0 saturated carbocycles. The first-order chi connectivity index (χ1) is 10.5. The summed E-state index contributed by atoms with van der Waals surface area (Å²) >= 11 is 0. The van der Waals surface area contributed by atoms with E-state index in [-0.39, 0.29) is 40.7 Å². The van der Waals surface area contributed by atoms with E-state index in [9.17, 15) is 25.1 Å². The highest BCUT2D eigenvalue weighted by Gasteiger charge is 2.30. The highest BCUT2D eigenvalue weighted by Crippen LogP contribution is 2.41. The molecule has 1 aliphatic rings. The standard InChI is InChI=1S/C15H11NO6/c17-10-5-11(18)15-12(19)7-13(22-14(15)6-10)8-1-3-9(4-2-8)16(20)21/h1-6,13,17-18H,7H2. The van der Waals surface area contributed by atoms with Crippen LogP contribution in [0, 0.1) is 10.1 Å². The van der Waals surface area contributed by atoms with Crippen LogP contribution in [0.5, 0.6) is 17.2 Å². The molecule has 0 aromatic heterocycles. The van der Waals surface area contributed by atoms with Crippen molar-refractivity contribution in [3.8, 4) is 17.2 Å². The van der Waals surface area contributed by atoms with Gasteiger partial charge in [0.05, 0.1) is 11.3 Å². The van der Waals surface area contributed by atoms with E-state index in [1.165, 1.54) is 30.3 Å². The highest BCUT2D eigenvalue weighted by atomic mass is 16.6. The first-order valence-corrected chi connectivity index (χ1v) is 6.46. The Balaban J connectivity index is 1.95. The lowest BCUT2D eigenvalue weighted by atomic mass is 9.95. The number of rotatable bonds is 2. The number of ether oxygens (including phenoxy) is 1. The number of fused-ring (bicyclic) bond motifs is 1. The van der Waals surface area contributed by atoms with E-state index in [0.29, 0.717) is 5.56 Å².